The molecule has 1 amide bonds. The number of carbonyl (C=O) groups is 1. The second-order valence-electron chi connectivity index (χ2n) is 6.96. The fourth-order valence-electron chi connectivity index (χ4n) is 3.50. The summed E-state index contributed by atoms with van der Waals surface area (Å²) in [6, 6.07) is 11.3. The van der Waals surface area contributed by atoms with Crippen molar-refractivity contribution in [2.75, 3.05) is 57.2 Å². The highest BCUT2D eigenvalue weighted by Gasteiger charge is 2.23. The van der Waals surface area contributed by atoms with Crippen LogP contribution in [0.4, 0.5) is 11.4 Å². The number of methoxy groups -OCH3 is 2. The normalized spacial score (nSPS) is 14.6. The molecule has 0 bridgehead atoms. The van der Waals surface area contributed by atoms with Gasteiger partial charge in [0.1, 0.15) is 11.5 Å². The van der Waals surface area contributed by atoms with Crippen LogP contribution >= 0.6 is 11.6 Å². The highest BCUT2D eigenvalue weighted by molar-refractivity contribution is 6.30. The van der Waals surface area contributed by atoms with Crippen LogP contribution in [-0.4, -0.2) is 52.9 Å². The van der Waals surface area contributed by atoms with Gasteiger partial charge in [0.25, 0.3) is 5.91 Å². The first-order valence-corrected chi connectivity index (χ1v) is 9.74. The molecule has 0 radical (unpaired) electrons. The van der Waals surface area contributed by atoms with E-state index in [1.807, 2.05) is 18.2 Å². The summed E-state index contributed by atoms with van der Waals surface area (Å²) in [5, 5.41) is 3.70. The van der Waals surface area contributed by atoms with E-state index in [4.69, 9.17) is 21.1 Å². The number of nitrogens with zero attached hydrogens (tertiary/aromatic N) is 1. The number of carbonyl (C=O) groups excluding carboxylic acids is 1. The van der Waals surface area contributed by atoms with Crippen LogP contribution in [0.25, 0.3) is 0 Å². The lowest BCUT2D eigenvalue weighted by Crippen LogP contribution is -3.15. The molecule has 0 unspecified atom stereocenters. The average Bonchev–Trinajstić information content (AvgIpc) is 2.70. The lowest BCUT2D eigenvalue weighted by Gasteiger charge is -2.34. The smallest absolute Gasteiger partial charge is 0.279 e. The zero-order valence-electron chi connectivity index (χ0n) is 16.5. The van der Waals surface area contributed by atoms with Crippen LogP contribution in [0.5, 0.6) is 11.5 Å². The lowest BCUT2D eigenvalue weighted by atomic mass is 10.1. The average molecular weight is 405 g/mol. The van der Waals surface area contributed by atoms with E-state index >= 15 is 0 Å². The Morgan fingerprint density at radius 2 is 1.89 bits per heavy atom. The Hall–Kier alpha value is -2.44. The van der Waals surface area contributed by atoms with Crippen LogP contribution in [0.2, 0.25) is 5.02 Å². The molecule has 0 atom stereocenters. The highest BCUT2D eigenvalue weighted by Crippen LogP contribution is 2.28. The Bertz CT molecular complexity index is 836. The van der Waals surface area contributed by atoms with Crippen LogP contribution in [0.1, 0.15) is 5.56 Å². The first kappa shape index (κ1) is 20.3. The van der Waals surface area contributed by atoms with Gasteiger partial charge < -0.3 is 24.6 Å². The summed E-state index contributed by atoms with van der Waals surface area (Å²) in [6.45, 7) is 6.10. The predicted molar refractivity (Wildman–Crippen MR) is 112 cm³/mol. The SMILES string of the molecule is COc1ccc(OC)c(NC(=O)C[NH+]2CCN(c3cc(Cl)ccc3C)CC2)c1. The third-order valence-electron chi connectivity index (χ3n) is 5.07. The number of ether oxygens (including phenoxy) is 2. The Morgan fingerprint density at radius 3 is 2.57 bits per heavy atom. The van der Waals surface area contributed by atoms with E-state index in [1.165, 1.54) is 16.2 Å². The van der Waals surface area contributed by atoms with Gasteiger partial charge in [-0.25, -0.2) is 0 Å². The monoisotopic (exact) mass is 404 g/mol. The van der Waals surface area contributed by atoms with Gasteiger partial charge in [0.15, 0.2) is 6.54 Å². The van der Waals surface area contributed by atoms with Crippen molar-refractivity contribution >= 4 is 28.9 Å². The van der Waals surface area contributed by atoms with Crippen molar-refractivity contribution in [2.24, 2.45) is 0 Å². The van der Waals surface area contributed by atoms with E-state index in [-0.39, 0.29) is 5.91 Å². The second kappa shape index (κ2) is 9.17. The molecule has 0 saturated carbocycles. The maximum absolute atomic E-state index is 12.5. The largest absolute Gasteiger partial charge is 0.497 e. The van der Waals surface area contributed by atoms with Crippen molar-refractivity contribution in [1.29, 1.82) is 0 Å². The molecule has 6 nitrogen and oxygen atoms in total. The molecule has 2 aromatic rings. The minimum absolute atomic E-state index is 0.0334. The van der Waals surface area contributed by atoms with Gasteiger partial charge in [0.2, 0.25) is 0 Å². The Balaban J connectivity index is 1.56. The van der Waals surface area contributed by atoms with Crippen LogP contribution in [0.15, 0.2) is 36.4 Å². The summed E-state index contributed by atoms with van der Waals surface area (Å²) >= 11 is 6.15. The number of quaternary nitrogens is 1. The first-order valence-electron chi connectivity index (χ1n) is 9.36. The van der Waals surface area contributed by atoms with Gasteiger partial charge in [-0.05, 0) is 36.8 Å². The molecule has 0 aliphatic carbocycles. The molecule has 28 heavy (non-hydrogen) atoms. The molecule has 1 heterocycles. The van der Waals surface area contributed by atoms with Gasteiger partial charge in [-0.1, -0.05) is 17.7 Å². The van der Waals surface area contributed by atoms with Crippen molar-refractivity contribution in [1.82, 2.24) is 0 Å². The summed E-state index contributed by atoms with van der Waals surface area (Å²) in [7, 11) is 3.18. The molecular formula is C21H27ClN3O3+. The zero-order valence-corrected chi connectivity index (χ0v) is 17.3. The number of benzene rings is 2. The van der Waals surface area contributed by atoms with Crippen molar-refractivity contribution in [2.45, 2.75) is 6.92 Å². The summed E-state index contributed by atoms with van der Waals surface area (Å²) in [6.07, 6.45) is 0. The molecule has 3 rings (SSSR count). The van der Waals surface area contributed by atoms with Crippen LogP contribution in [0, 0.1) is 6.92 Å². The number of piperazine rings is 1. The number of halogens is 1. The minimum Gasteiger partial charge on any atom is -0.497 e. The number of hydrogen-bond donors (Lipinski definition) is 2. The van der Waals surface area contributed by atoms with E-state index in [2.05, 4.69) is 17.1 Å². The molecule has 1 aliphatic rings. The predicted octanol–water partition coefficient (Wildman–Crippen LogP) is 2.01. The van der Waals surface area contributed by atoms with Crippen LogP contribution < -0.4 is 24.6 Å². The molecule has 1 aliphatic heterocycles. The minimum atomic E-state index is -0.0334. The number of anilines is 2. The molecule has 7 heteroatoms. The quantitative estimate of drug-likeness (QED) is 0.773. The third kappa shape index (κ3) is 4.88. The first-order chi connectivity index (χ1) is 13.5. The van der Waals surface area contributed by atoms with Gasteiger partial charge >= 0.3 is 0 Å². The maximum Gasteiger partial charge on any atom is 0.279 e. The molecule has 1 saturated heterocycles. The highest BCUT2D eigenvalue weighted by atomic mass is 35.5. The Labute approximate surface area is 171 Å². The number of hydrogen-bond acceptors (Lipinski definition) is 4. The molecule has 0 aromatic heterocycles. The summed E-state index contributed by atoms with van der Waals surface area (Å²) in [5.41, 5.74) is 3.02. The zero-order chi connectivity index (χ0) is 20.1. The summed E-state index contributed by atoms with van der Waals surface area (Å²) in [5.74, 6) is 1.26. The number of rotatable bonds is 6. The number of amides is 1. The van der Waals surface area contributed by atoms with E-state index in [0.717, 1.165) is 31.2 Å². The molecular weight excluding hydrogens is 378 g/mol. The van der Waals surface area contributed by atoms with Gasteiger partial charge in [-0.15, -0.1) is 0 Å². The Morgan fingerprint density at radius 1 is 1.14 bits per heavy atom. The van der Waals surface area contributed by atoms with Crippen LogP contribution in [0.3, 0.4) is 0 Å². The standard InChI is InChI=1S/C21H26ClN3O3/c1-15-4-5-16(22)12-19(15)25-10-8-24(9-11-25)14-21(26)23-18-13-17(27-2)6-7-20(18)28-3/h4-7,12-13H,8-11,14H2,1-3H3,(H,23,26)/p+1. The lowest BCUT2D eigenvalue weighted by molar-refractivity contribution is -0.892. The number of nitrogens with one attached hydrogen (secondary N) is 2. The maximum atomic E-state index is 12.5. The van der Waals surface area contributed by atoms with Crippen LogP contribution in [-0.2, 0) is 4.79 Å². The Kier molecular flexibility index (Phi) is 6.65. The molecule has 2 N–H and O–H groups in total. The van der Waals surface area contributed by atoms with E-state index in [9.17, 15) is 4.79 Å². The van der Waals surface area contributed by atoms with E-state index in [0.29, 0.717) is 23.7 Å². The number of aryl methyl sites for hydroxylation is 1. The molecule has 1 fully saturated rings. The van der Waals surface area contributed by atoms with Gasteiger partial charge in [-0.2, -0.15) is 0 Å². The summed E-state index contributed by atoms with van der Waals surface area (Å²) < 4.78 is 10.6. The van der Waals surface area contributed by atoms with E-state index in [1.54, 1.807) is 32.4 Å². The molecule has 2 aromatic carbocycles. The second-order valence-corrected chi connectivity index (χ2v) is 7.40. The topological polar surface area (TPSA) is 55.2 Å². The fraction of sp³-hybridized carbons (Fsp3) is 0.381. The van der Waals surface area contributed by atoms with Crippen molar-refractivity contribution < 1.29 is 19.2 Å². The molecule has 0 spiro atoms. The van der Waals surface area contributed by atoms with E-state index < -0.39 is 0 Å². The summed E-state index contributed by atoms with van der Waals surface area (Å²) in [4.78, 5) is 16.1. The van der Waals surface area contributed by atoms with Gasteiger partial charge in [0.05, 0.1) is 46.1 Å². The third-order valence-corrected chi connectivity index (χ3v) is 5.31. The van der Waals surface area contributed by atoms with Crippen molar-refractivity contribution in [3.05, 3.63) is 47.0 Å². The van der Waals surface area contributed by atoms with Crippen molar-refractivity contribution in [3.63, 3.8) is 0 Å². The van der Waals surface area contributed by atoms with Gasteiger partial charge in [-0.3, -0.25) is 4.79 Å². The van der Waals surface area contributed by atoms with Crippen molar-refractivity contribution in [3.8, 4) is 11.5 Å². The van der Waals surface area contributed by atoms with Gasteiger partial charge in [0, 0.05) is 16.8 Å². The fourth-order valence-corrected chi connectivity index (χ4v) is 3.66. The molecule has 150 valence electrons.